The van der Waals surface area contributed by atoms with Crippen LogP contribution in [0.1, 0.15) is 6.42 Å². The minimum absolute atomic E-state index is 0.0688. The Hall–Kier alpha value is -1.66. The van der Waals surface area contributed by atoms with Crippen molar-refractivity contribution in [2.45, 2.75) is 18.6 Å². The number of methoxy groups -OCH3 is 1. The number of likely N-dealkylation sites (tertiary alicyclic amines) is 1. The molecule has 0 bridgehead atoms. The second kappa shape index (κ2) is 5.54. The topological polar surface area (TPSA) is 63.6 Å². The number of pyridine rings is 1. The molecule has 0 aliphatic carbocycles. The Kier molecular flexibility index (Phi) is 4.01. The van der Waals surface area contributed by atoms with Crippen molar-refractivity contribution in [3.05, 3.63) is 28.7 Å². The van der Waals surface area contributed by atoms with Crippen LogP contribution in [0.25, 0.3) is 0 Å². The van der Waals surface area contributed by atoms with Gasteiger partial charge in [-0.25, -0.2) is 0 Å². The average Bonchev–Trinajstić information content (AvgIpc) is 2.76. The molecular weight excluding hydrogens is 246 g/mol. The molecule has 1 aromatic heterocycles. The summed E-state index contributed by atoms with van der Waals surface area (Å²) in [6.45, 7) is 0.724. The zero-order chi connectivity index (χ0) is 14.0. The Morgan fingerprint density at radius 2 is 2.21 bits per heavy atom. The van der Waals surface area contributed by atoms with Gasteiger partial charge in [0.2, 0.25) is 5.91 Å². The smallest absolute Gasteiger partial charge is 0.274 e. The van der Waals surface area contributed by atoms with Crippen molar-refractivity contribution >= 4 is 11.6 Å². The van der Waals surface area contributed by atoms with Crippen LogP contribution >= 0.6 is 0 Å². The molecule has 0 aromatic carbocycles. The lowest BCUT2D eigenvalue weighted by molar-refractivity contribution is -0.120. The number of anilines is 1. The fourth-order valence-corrected chi connectivity index (χ4v) is 2.34. The number of ether oxygens (including phenoxy) is 1. The van der Waals surface area contributed by atoms with Gasteiger partial charge in [0.1, 0.15) is 5.69 Å². The van der Waals surface area contributed by atoms with Crippen LogP contribution in [-0.2, 0) is 16.6 Å². The quantitative estimate of drug-likeness (QED) is 0.838. The van der Waals surface area contributed by atoms with Gasteiger partial charge >= 0.3 is 0 Å². The van der Waals surface area contributed by atoms with E-state index in [2.05, 4.69) is 5.32 Å². The molecule has 1 fully saturated rings. The van der Waals surface area contributed by atoms with Gasteiger partial charge in [0.05, 0.1) is 12.1 Å². The van der Waals surface area contributed by atoms with Gasteiger partial charge in [-0.15, -0.1) is 0 Å². The number of amides is 1. The number of nitrogens with zero attached hydrogens (tertiary/aromatic N) is 2. The van der Waals surface area contributed by atoms with E-state index in [4.69, 9.17) is 4.74 Å². The Bertz CT molecular complexity index is 526. The van der Waals surface area contributed by atoms with Gasteiger partial charge in [-0.1, -0.05) is 0 Å². The van der Waals surface area contributed by atoms with Gasteiger partial charge in [-0.3, -0.25) is 14.5 Å². The maximum absolute atomic E-state index is 12.2. The molecule has 0 radical (unpaired) electrons. The standard InChI is InChI=1S/C13H19N3O3/c1-15-6-4-5-10(13(15)18)14-12(17)11-7-9(19-3)8-16(11)2/h4-6,9,11H,7-8H2,1-3H3,(H,14,17)/t9-,11-/m0/s1. The molecule has 2 atom stereocenters. The molecule has 1 aliphatic heterocycles. The van der Waals surface area contributed by atoms with Gasteiger partial charge in [0, 0.05) is 26.9 Å². The van der Waals surface area contributed by atoms with E-state index in [1.165, 1.54) is 4.57 Å². The summed E-state index contributed by atoms with van der Waals surface area (Å²) in [7, 11) is 5.18. The number of likely N-dealkylation sites (N-methyl/N-ethyl adjacent to an activating group) is 1. The van der Waals surface area contributed by atoms with Crippen LogP contribution in [0.5, 0.6) is 0 Å². The summed E-state index contributed by atoms with van der Waals surface area (Å²) in [4.78, 5) is 26.0. The molecule has 1 saturated heterocycles. The molecule has 0 unspecified atom stereocenters. The van der Waals surface area contributed by atoms with Crippen LogP contribution < -0.4 is 10.9 Å². The third-order valence-electron chi connectivity index (χ3n) is 3.53. The van der Waals surface area contributed by atoms with E-state index < -0.39 is 0 Å². The largest absolute Gasteiger partial charge is 0.380 e. The average molecular weight is 265 g/mol. The maximum Gasteiger partial charge on any atom is 0.274 e. The summed E-state index contributed by atoms with van der Waals surface area (Å²) in [6, 6.07) is 3.09. The highest BCUT2D eigenvalue weighted by Crippen LogP contribution is 2.19. The van der Waals surface area contributed by atoms with Crippen molar-refractivity contribution in [1.29, 1.82) is 0 Å². The Labute approximate surface area is 112 Å². The van der Waals surface area contributed by atoms with Gasteiger partial charge in [0.25, 0.3) is 5.56 Å². The fourth-order valence-electron chi connectivity index (χ4n) is 2.34. The van der Waals surface area contributed by atoms with E-state index in [0.717, 1.165) is 6.54 Å². The summed E-state index contributed by atoms with van der Waals surface area (Å²) < 4.78 is 6.70. The van der Waals surface area contributed by atoms with Gasteiger partial charge < -0.3 is 14.6 Å². The number of carbonyl (C=O) groups excluding carboxylic acids is 1. The van der Waals surface area contributed by atoms with Crippen molar-refractivity contribution < 1.29 is 9.53 Å². The molecule has 1 aliphatic rings. The highest BCUT2D eigenvalue weighted by molar-refractivity contribution is 5.94. The lowest BCUT2D eigenvalue weighted by atomic mass is 10.2. The zero-order valence-corrected chi connectivity index (χ0v) is 11.4. The van der Waals surface area contributed by atoms with Crippen LogP contribution in [-0.4, -0.2) is 48.2 Å². The maximum atomic E-state index is 12.2. The predicted octanol–water partition coefficient (Wildman–Crippen LogP) is 0.0429. The van der Waals surface area contributed by atoms with Crippen molar-refractivity contribution in [2.24, 2.45) is 7.05 Å². The first kappa shape index (κ1) is 13.8. The molecule has 1 aromatic rings. The van der Waals surface area contributed by atoms with E-state index in [9.17, 15) is 9.59 Å². The molecule has 104 valence electrons. The first-order valence-electron chi connectivity index (χ1n) is 6.22. The van der Waals surface area contributed by atoms with Gasteiger partial charge in [0.15, 0.2) is 0 Å². The van der Waals surface area contributed by atoms with E-state index in [-0.39, 0.29) is 23.6 Å². The highest BCUT2D eigenvalue weighted by atomic mass is 16.5. The first-order chi connectivity index (χ1) is 9.02. The molecule has 19 heavy (non-hydrogen) atoms. The van der Waals surface area contributed by atoms with Crippen molar-refractivity contribution in [3.8, 4) is 0 Å². The molecule has 6 nitrogen and oxygen atoms in total. The van der Waals surface area contributed by atoms with E-state index in [0.29, 0.717) is 12.1 Å². The minimum atomic E-state index is -0.255. The highest BCUT2D eigenvalue weighted by Gasteiger charge is 2.34. The third kappa shape index (κ3) is 2.85. The van der Waals surface area contributed by atoms with E-state index >= 15 is 0 Å². The van der Waals surface area contributed by atoms with Crippen molar-refractivity contribution in [1.82, 2.24) is 9.47 Å². The summed E-state index contributed by atoms with van der Waals surface area (Å²) in [5.41, 5.74) is 0.101. The summed E-state index contributed by atoms with van der Waals surface area (Å²) in [5.74, 6) is -0.162. The molecule has 1 N–H and O–H groups in total. The molecule has 0 spiro atoms. The number of aromatic nitrogens is 1. The number of carbonyl (C=O) groups is 1. The molecule has 2 heterocycles. The molecule has 6 heteroatoms. The summed E-state index contributed by atoms with van der Waals surface area (Å²) in [6.07, 6.45) is 2.37. The van der Waals surface area contributed by atoms with Crippen molar-refractivity contribution in [3.63, 3.8) is 0 Å². The number of nitrogens with one attached hydrogen (secondary N) is 1. The number of hydrogen-bond acceptors (Lipinski definition) is 4. The second-order valence-electron chi connectivity index (χ2n) is 4.88. The molecular formula is C13H19N3O3. The summed E-state index contributed by atoms with van der Waals surface area (Å²) >= 11 is 0. The predicted molar refractivity (Wildman–Crippen MR) is 72.1 cm³/mol. The van der Waals surface area contributed by atoms with Crippen molar-refractivity contribution in [2.75, 3.05) is 26.0 Å². The zero-order valence-electron chi connectivity index (χ0n) is 11.4. The minimum Gasteiger partial charge on any atom is -0.380 e. The third-order valence-corrected chi connectivity index (χ3v) is 3.53. The van der Waals surface area contributed by atoms with E-state index in [1.807, 2.05) is 11.9 Å². The SMILES string of the molecule is CO[C@H]1C[C@@H](C(=O)Nc2cccn(C)c2=O)N(C)C1. The van der Waals surface area contributed by atoms with E-state index in [1.54, 1.807) is 32.5 Å². The molecule has 2 rings (SSSR count). The van der Waals surface area contributed by atoms with Crippen LogP contribution in [0.15, 0.2) is 23.1 Å². The first-order valence-corrected chi connectivity index (χ1v) is 6.22. The Morgan fingerprint density at radius 3 is 2.84 bits per heavy atom. The Balaban J connectivity index is 2.09. The van der Waals surface area contributed by atoms with Gasteiger partial charge in [-0.2, -0.15) is 0 Å². The van der Waals surface area contributed by atoms with Gasteiger partial charge in [-0.05, 0) is 25.6 Å². The second-order valence-corrected chi connectivity index (χ2v) is 4.88. The normalized spacial score (nSPS) is 23.5. The van der Waals surface area contributed by atoms with Crippen LogP contribution in [0.2, 0.25) is 0 Å². The monoisotopic (exact) mass is 265 g/mol. The summed E-state index contributed by atoms with van der Waals surface area (Å²) in [5, 5.41) is 2.70. The number of rotatable bonds is 3. The lowest BCUT2D eigenvalue weighted by Crippen LogP contribution is -2.38. The fraction of sp³-hybridized carbons (Fsp3) is 0.538. The number of aryl methyl sites for hydroxylation is 1. The molecule has 0 saturated carbocycles. The molecule has 1 amide bonds. The van der Waals surface area contributed by atoms with Crippen LogP contribution in [0, 0.1) is 0 Å². The lowest BCUT2D eigenvalue weighted by Gasteiger charge is -2.18. The number of hydrogen-bond donors (Lipinski definition) is 1. The Morgan fingerprint density at radius 1 is 1.47 bits per heavy atom. The van der Waals surface area contributed by atoms with Crippen LogP contribution in [0.3, 0.4) is 0 Å². The van der Waals surface area contributed by atoms with Crippen LogP contribution in [0.4, 0.5) is 5.69 Å².